The van der Waals surface area contributed by atoms with Gasteiger partial charge in [-0.1, -0.05) is 33.3 Å². The first kappa shape index (κ1) is 25.9. The number of anilines is 3. The van der Waals surface area contributed by atoms with Gasteiger partial charge in [0.25, 0.3) is 5.91 Å². The number of nitrogens with zero attached hydrogens (tertiary/aromatic N) is 3. The number of amides is 1. The number of aryl methyl sites for hydroxylation is 1. The number of nitrogens with one attached hydrogen (secondary N) is 3. The van der Waals surface area contributed by atoms with Crippen LogP contribution in [-0.4, -0.2) is 45.6 Å². The number of benzene rings is 2. The van der Waals surface area contributed by atoms with Gasteiger partial charge in [0.15, 0.2) is 0 Å². The van der Waals surface area contributed by atoms with Crippen molar-refractivity contribution in [3.63, 3.8) is 0 Å². The quantitative estimate of drug-likeness (QED) is 0.246. The van der Waals surface area contributed by atoms with E-state index in [9.17, 15) is 4.79 Å². The molecular weight excluding hydrogens is 472 g/mol. The number of aromatic nitrogens is 3. The first-order chi connectivity index (χ1) is 18.4. The molecule has 0 atom stereocenters. The highest BCUT2D eigenvalue weighted by molar-refractivity contribution is 6.08. The van der Waals surface area contributed by atoms with Crippen molar-refractivity contribution in [2.75, 3.05) is 30.3 Å². The fraction of sp³-hybridized carbons (Fsp3) is 0.387. The predicted molar refractivity (Wildman–Crippen MR) is 155 cm³/mol. The highest BCUT2D eigenvalue weighted by Crippen LogP contribution is 2.30. The molecular formula is C31H38N6O. The molecule has 0 saturated carbocycles. The smallest absolute Gasteiger partial charge is 0.259 e. The first-order valence-electron chi connectivity index (χ1n) is 13.7. The number of carbonyl (C=O) groups excluding carboxylic acids is 1. The van der Waals surface area contributed by atoms with E-state index in [4.69, 9.17) is 0 Å². The Morgan fingerprint density at radius 1 is 1.03 bits per heavy atom. The van der Waals surface area contributed by atoms with Gasteiger partial charge in [-0.25, -0.2) is 4.98 Å². The second-order valence-electron chi connectivity index (χ2n) is 11.3. The maximum atomic E-state index is 13.4. The Morgan fingerprint density at radius 2 is 1.84 bits per heavy atom. The van der Waals surface area contributed by atoms with Crippen LogP contribution in [0.25, 0.3) is 10.9 Å². The fourth-order valence-corrected chi connectivity index (χ4v) is 5.32. The summed E-state index contributed by atoms with van der Waals surface area (Å²) in [7, 11) is 0. The molecule has 7 nitrogen and oxygen atoms in total. The lowest BCUT2D eigenvalue weighted by Gasteiger charge is -2.27. The number of hydrogen-bond donors (Lipinski definition) is 3. The highest BCUT2D eigenvalue weighted by Gasteiger charge is 2.20. The Balaban J connectivity index is 1.31. The molecule has 5 rings (SSSR count). The average molecular weight is 511 g/mol. The van der Waals surface area contributed by atoms with E-state index in [0.29, 0.717) is 11.4 Å². The normalized spacial score (nSPS) is 14.5. The van der Waals surface area contributed by atoms with E-state index < -0.39 is 0 Å². The van der Waals surface area contributed by atoms with Crippen molar-refractivity contribution < 1.29 is 4.79 Å². The fourth-order valence-electron chi connectivity index (χ4n) is 5.32. The topological polar surface area (TPSA) is 85.9 Å². The molecule has 4 aromatic rings. The third-order valence-electron chi connectivity index (χ3n) is 7.30. The second kappa shape index (κ2) is 11.4. The summed E-state index contributed by atoms with van der Waals surface area (Å²) in [6, 6.07) is 15.8. The Morgan fingerprint density at radius 3 is 2.66 bits per heavy atom. The van der Waals surface area contributed by atoms with Crippen molar-refractivity contribution in [1.82, 2.24) is 20.1 Å². The molecule has 0 bridgehead atoms. The molecule has 0 unspecified atom stereocenters. The molecule has 7 heteroatoms. The molecule has 0 radical (unpaired) electrons. The third-order valence-corrected chi connectivity index (χ3v) is 7.30. The Kier molecular flexibility index (Phi) is 7.74. The van der Waals surface area contributed by atoms with Crippen LogP contribution >= 0.6 is 0 Å². The summed E-state index contributed by atoms with van der Waals surface area (Å²) in [5.74, 6) is 0.322. The van der Waals surface area contributed by atoms with Gasteiger partial charge in [-0.05, 0) is 104 Å². The number of hydrogen-bond acceptors (Lipinski definition) is 5. The second-order valence-corrected chi connectivity index (χ2v) is 11.3. The van der Waals surface area contributed by atoms with E-state index >= 15 is 0 Å². The molecule has 3 heterocycles. The first-order valence-corrected chi connectivity index (χ1v) is 13.7. The van der Waals surface area contributed by atoms with Gasteiger partial charge in [-0.3, -0.25) is 9.89 Å². The van der Waals surface area contributed by atoms with E-state index in [1.165, 1.54) is 43.5 Å². The molecule has 0 spiro atoms. The Bertz CT molecular complexity index is 1400. The lowest BCUT2D eigenvalue weighted by molar-refractivity contribution is 0.102. The third kappa shape index (κ3) is 6.22. The van der Waals surface area contributed by atoms with Gasteiger partial charge < -0.3 is 15.5 Å². The molecule has 1 amide bonds. The number of likely N-dealkylation sites (tertiary alicyclic amines) is 1. The SMILES string of the molecule is CC(C)(C)c1ccc(NC(=O)c2cccnc2Nc2ccc3cn[nH]c3c2)cc1CCCN1CCCCC1. The predicted octanol–water partition coefficient (Wildman–Crippen LogP) is 6.67. The van der Waals surface area contributed by atoms with E-state index in [1.54, 1.807) is 24.5 Å². The van der Waals surface area contributed by atoms with E-state index in [2.05, 4.69) is 63.6 Å². The van der Waals surface area contributed by atoms with Crippen molar-refractivity contribution >= 4 is 34.0 Å². The molecule has 2 aromatic heterocycles. The van der Waals surface area contributed by atoms with Crippen LogP contribution in [0, 0.1) is 0 Å². The monoisotopic (exact) mass is 510 g/mol. The Hall–Kier alpha value is -3.71. The van der Waals surface area contributed by atoms with Crippen molar-refractivity contribution in [3.05, 3.63) is 77.6 Å². The number of fused-ring (bicyclic) bond motifs is 1. The molecule has 2 aromatic carbocycles. The summed E-state index contributed by atoms with van der Waals surface area (Å²) in [5.41, 5.74) is 5.74. The largest absolute Gasteiger partial charge is 0.340 e. The van der Waals surface area contributed by atoms with Gasteiger partial charge in [0.2, 0.25) is 0 Å². The van der Waals surface area contributed by atoms with Crippen LogP contribution in [0.5, 0.6) is 0 Å². The summed E-state index contributed by atoms with van der Waals surface area (Å²) in [4.78, 5) is 20.4. The van der Waals surface area contributed by atoms with Crippen LogP contribution in [0.2, 0.25) is 0 Å². The van der Waals surface area contributed by atoms with Gasteiger partial charge in [-0.15, -0.1) is 0 Å². The minimum Gasteiger partial charge on any atom is -0.340 e. The summed E-state index contributed by atoms with van der Waals surface area (Å²) in [5, 5.41) is 14.5. The Labute approximate surface area is 225 Å². The molecule has 38 heavy (non-hydrogen) atoms. The highest BCUT2D eigenvalue weighted by atomic mass is 16.1. The average Bonchev–Trinajstić information content (AvgIpc) is 3.37. The van der Waals surface area contributed by atoms with Crippen LogP contribution < -0.4 is 10.6 Å². The molecule has 198 valence electrons. The minimum atomic E-state index is -0.189. The van der Waals surface area contributed by atoms with Gasteiger partial charge >= 0.3 is 0 Å². The molecule has 3 N–H and O–H groups in total. The lowest BCUT2D eigenvalue weighted by atomic mass is 9.82. The van der Waals surface area contributed by atoms with Crippen molar-refractivity contribution in [2.24, 2.45) is 0 Å². The zero-order chi connectivity index (χ0) is 26.5. The maximum Gasteiger partial charge on any atom is 0.259 e. The standard InChI is InChI=1S/C31H38N6O/c1-31(2,3)27-14-13-24(19-22(27)9-8-18-37-16-5-4-6-17-37)35-30(38)26-10-7-15-32-29(26)34-25-12-11-23-21-33-36-28(23)20-25/h7,10-15,19-21H,4-6,8-9,16-18H2,1-3H3,(H,32,34)(H,33,36)(H,35,38). The van der Waals surface area contributed by atoms with E-state index in [-0.39, 0.29) is 11.3 Å². The number of aromatic amines is 1. The molecule has 1 aliphatic rings. The minimum absolute atomic E-state index is 0.0409. The van der Waals surface area contributed by atoms with Crippen molar-refractivity contribution in [2.45, 2.75) is 58.3 Å². The van der Waals surface area contributed by atoms with Gasteiger partial charge in [0, 0.05) is 23.0 Å². The summed E-state index contributed by atoms with van der Waals surface area (Å²) < 4.78 is 0. The van der Waals surface area contributed by atoms with Crippen LogP contribution in [0.4, 0.5) is 17.2 Å². The molecule has 1 fully saturated rings. The molecule has 0 aliphatic carbocycles. The van der Waals surface area contributed by atoms with Crippen LogP contribution in [-0.2, 0) is 11.8 Å². The van der Waals surface area contributed by atoms with Crippen LogP contribution in [0.1, 0.15) is 67.9 Å². The molecule has 1 aliphatic heterocycles. The lowest BCUT2D eigenvalue weighted by Crippen LogP contribution is -2.30. The number of piperidine rings is 1. The number of carbonyl (C=O) groups is 1. The summed E-state index contributed by atoms with van der Waals surface area (Å²) in [6.45, 7) is 10.3. The van der Waals surface area contributed by atoms with Crippen molar-refractivity contribution in [1.29, 1.82) is 0 Å². The van der Waals surface area contributed by atoms with Crippen LogP contribution in [0.15, 0.2) is 60.9 Å². The number of H-pyrrole nitrogens is 1. The van der Waals surface area contributed by atoms with Gasteiger partial charge in [-0.2, -0.15) is 5.10 Å². The van der Waals surface area contributed by atoms with Crippen molar-refractivity contribution in [3.8, 4) is 0 Å². The maximum absolute atomic E-state index is 13.4. The number of pyridine rings is 1. The van der Waals surface area contributed by atoms with Crippen LogP contribution in [0.3, 0.4) is 0 Å². The van der Waals surface area contributed by atoms with E-state index in [1.807, 2.05) is 24.3 Å². The molecule has 1 saturated heterocycles. The van der Waals surface area contributed by atoms with E-state index in [0.717, 1.165) is 41.7 Å². The zero-order valence-electron chi connectivity index (χ0n) is 22.7. The number of rotatable bonds is 8. The zero-order valence-corrected chi connectivity index (χ0v) is 22.7. The van der Waals surface area contributed by atoms with Gasteiger partial charge in [0.1, 0.15) is 5.82 Å². The summed E-state index contributed by atoms with van der Waals surface area (Å²) >= 11 is 0. The summed E-state index contributed by atoms with van der Waals surface area (Å²) in [6.07, 6.45) is 9.59. The van der Waals surface area contributed by atoms with Gasteiger partial charge in [0.05, 0.1) is 17.3 Å².